The van der Waals surface area contributed by atoms with Crippen LogP contribution in [0.3, 0.4) is 0 Å². The molecule has 5 aromatic rings. The van der Waals surface area contributed by atoms with Gasteiger partial charge in [0.15, 0.2) is 5.13 Å². The van der Waals surface area contributed by atoms with Crippen molar-refractivity contribution in [2.24, 2.45) is 0 Å². The zero-order valence-corrected chi connectivity index (χ0v) is 17.4. The smallest absolute Gasteiger partial charge is 0.261 e. The predicted molar refractivity (Wildman–Crippen MR) is 123 cm³/mol. The molecule has 0 fully saturated rings. The fourth-order valence-electron chi connectivity index (χ4n) is 3.46. The molecule has 5 rings (SSSR count). The number of fused-ring (bicyclic) bond motifs is 2. The van der Waals surface area contributed by atoms with Crippen LogP contribution in [0.25, 0.3) is 21.0 Å². The van der Waals surface area contributed by atoms with Gasteiger partial charge in [0.05, 0.1) is 22.0 Å². The van der Waals surface area contributed by atoms with Gasteiger partial charge in [-0.1, -0.05) is 71.5 Å². The second-order valence-electron chi connectivity index (χ2n) is 6.82. The molecule has 0 radical (unpaired) electrons. The molecule has 0 N–H and O–H groups in total. The molecule has 0 saturated carbocycles. The molecular weight excluding hydrogens is 414 g/mol. The number of thiazole rings is 1. The summed E-state index contributed by atoms with van der Waals surface area (Å²) < 4.78 is 0.939. The van der Waals surface area contributed by atoms with Gasteiger partial charge in [-0.15, -0.1) is 0 Å². The molecule has 0 aliphatic carbocycles. The Labute approximate surface area is 182 Å². The molecule has 0 aliphatic rings. The normalized spacial score (nSPS) is 11.1. The van der Waals surface area contributed by atoms with Crippen LogP contribution in [0.4, 0.5) is 5.13 Å². The Morgan fingerprint density at radius 1 is 0.933 bits per heavy atom. The van der Waals surface area contributed by atoms with Crippen molar-refractivity contribution in [3.63, 3.8) is 0 Å². The number of hydrogen-bond acceptors (Lipinski definition) is 4. The van der Waals surface area contributed by atoms with Crippen molar-refractivity contribution >= 4 is 55.0 Å². The molecule has 0 aliphatic heterocycles. The van der Waals surface area contributed by atoms with E-state index in [1.54, 1.807) is 11.1 Å². The fourth-order valence-corrected chi connectivity index (χ4v) is 4.72. The molecule has 1 amide bonds. The lowest BCUT2D eigenvalue weighted by Gasteiger charge is -2.20. The van der Waals surface area contributed by atoms with Crippen molar-refractivity contribution in [2.75, 3.05) is 4.90 Å². The number of anilines is 1. The van der Waals surface area contributed by atoms with Crippen LogP contribution in [0.2, 0.25) is 5.02 Å². The van der Waals surface area contributed by atoms with Crippen LogP contribution in [-0.2, 0) is 6.54 Å². The van der Waals surface area contributed by atoms with Crippen molar-refractivity contribution < 1.29 is 4.79 Å². The summed E-state index contributed by atoms with van der Waals surface area (Å²) in [6.45, 7) is 0.320. The van der Waals surface area contributed by atoms with Gasteiger partial charge in [0, 0.05) is 11.8 Å². The van der Waals surface area contributed by atoms with Crippen molar-refractivity contribution in [1.82, 2.24) is 9.97 Å². The lowest BCUT2D eigenvalue weighted by molar-refractivity contribution is 0.0986. The number of benzene rings is 3. The molecule has 146 valence electrons. The van der Waals surface area contributed by atoms with Crippen molar-refractivity contribution in [1.29, 1.82) is 0 Å². The average molecular weight is 430 g/mol. The summed E-state index contributed by atoms with van der Waals surface area (Å²) in [6, 6.07) is 25.0. The summed E-state index contributed by atoms with van der Waals surface area (Å²) in [4.78, 5) is 24.6. The van der Waals surface area contributed by atoms with Crippen LogP contribution in [-0.4, -0.2) is 15.9 Å². The number of carbonyl (C=O) groups excluding carboxylic acids is 1. The largest absolute Gasteiger partial charge is 0.278 e. The van der Waals surface area contributed by atoms with Gasteiger partial charge in [0.25, 0.3) is 5.91 Å². The van der Waals surface area contributed by atoms with Crippen molar-refractivity contribution in [2.45, 2.75) is 6.54 Å². The van der Waals surface area contributed by atoms with E-state index in [1.807, 2.05) is 78.9 Å². The van der Waals surface area contributed by atoms with Crippen LogP contribution in [0.5, 0.6) is 0 Å². The molecule has 0 unspecified atom stereocenters. The van der Waals surface area contributed by atoms with Gasteiger partial charge in [-0.3, -0.25) is 14.7 Å². The zero-order chi connectivity index (χ0) is 20.5. The van der Waals surface area contributed by atoms with Gasteiger partial charge in [-0.25, -0.2) is 4.98 Å². The second kappa shape index (κ2) is 7.86. The standard InChI is InChI=1S/C24H16ClN3OS/c25-20-12-6-13-21-22(20)27-24(30-21)28(15-17-9-3-4-14-26-17)23(29)19-11-5-8-16-7-1-2-10-18(16)19/h1-14H,15H2. The number of halogens is 1. The summed E-state index contributed by atoms with van der Waals surface area (Å²) in [5.41, 5.74) is 2.13. The number of hydrogen-bond donors (Lipinski definition) is 0. The Kier molecular flexibility index (Phi) is 4.91. The highest BCUT2D eigenvalue weighted by Gasteiger charge is 2.24. The lowest BCUT2D eigenvalue weighted by Crippen LogP contribution is -2.30. The minimum absolute atomic E-state index is 0.118. The van der Waals surface area contributed by atoms with Gasteiger partial charge in [0.2, 0.25) is 0 Å². The quantitative estimate of drug-likeness (QED) is 0.334. The summed E-state index contributed by atoms with van der Waals surface area (Å²) in [7, 11) is 0. The first-order valence-electron chi connectivity index (χ1n) is 9.45. The Bertz CT molecular complexity index is 1360. The summed E-state index contributed by atoms with van der Waals surface area (Å²) >= 11 is 7.79. The molecule has 30 heavy (non-hydrogen) atoms. The van der Waals surface area contributed by atoms with Gasteiger partial charge in [0.1, 0.15) is 5.52 Å². The molecule has 0 atom stereocenters. The van der Waals surface area contributed by atoms with E-state index in [4.69, 9.17) is 16.6 Å². The van der Waals surface area contributed by atoms with Gasteiger partial charge in [-0.2, -0.15) is 0 Å². The maximum atomic E-state index is 13.8. The van der Waals surface area contributed by atoms with Crippen LogP contribution < -0.4 is 4.90 Å². The van der Waals surface area contributed by atoms with Crippen LogP contribution in [0, 0.1) is 0 Å². The highest BCUT2D eigenvalue weighted by atomic mass is 35.5. The molecule has 3 aromatic carbocycles. The highest BCUT2D eigenvalue weighted by Crippen LogP contribution is 2.34. The number of nitrogens with zero attached hydrogens (tertiary/aromatic N) is 3. The SMILES string of the molecule is O=C(c1cccc2ccccc12)N(Cc1ccccn1)c1nc2c(Cl)cccc2s1. The second-order valence-corrected chi connectivity index (χ2v) is 8.24. The van der Waals surface area contributed by atoms with E-state index in [0.717, 1.165) is 21.2 Å². The minimum atomic E-state index is -0.118. The summed E-state index contributed by atoms with van der Waals surface area (Å²) in [5.74, 6) is -0.118. The number of amides is 1. The third-order valence-corrected chi connectivity index (χ3v) is 6.25. The molecule has 0 saturated heterocycles. The van der Waals surface area contributed by atoms with Gasteiger partial charge in [-0.05, 0) is 41.1 Å². The van der Waals surface area contributed by atoms with Gasteiger partial charge < -0.3 is 0 Å². The minimum Gasteiger partial charge on any atom is -0.278 e. The molecular formula is C24H16ClN3OS. The van der Waals surface area contributed by atoms with Crippen molar-refractivity contribution in [3.05, 3.63) is 101 Å². The third kappa shape index (κ3) is 3.43. The number of aromatic nitrogens is 2. The van der Waals surface area contributed by atoms with E-state index in [1.165, 1.54) is 11.3 Å². The monoisotopic (exact) mass is 429 g/mol. The first-order valence-corrected chi connectivity index (χ1v) is 10.6. The number of para-hydroxylation sites is 1. The van der Waals surface area contributed by atoms with E-state index in [9.17, 15) is 4.79 Å². The molecule has 0 bridgehead atoms. The van der Waals surface area contributed by atoms with Crippen LogP contribution in [0.15, 0.2) is 85.1 Å². The predicted octanol–water partition coefficient (Wildman–Crippen LogP) is 6.34. The molecule has 0 spiro atoms. The van der Waals surface area contributed by atoms with E-state index in [0.29, 0.717) is 27.8 Å². The Balaban J connectivity index is 1.65. The molecule has 2 aromatic heterocycles. The molecule has 4 nitrogen and oxygen atoms in total. The van der Waals surface area contributed by atoms with Gasteiger partial charge >= 0.3 is 0 Å². The summed E-state index contributed by atoms with van der Waals surface area (Å²) in [6.07, 6.45) is 1.73. The van der Waals surface area contributed by atoms with E-state index >= 15 is 0 Å². The van der Waals surface area contributed by atoms with Crippen LogP contribution in [0.1, 0.15) is 16.1 Å². The topological polar surface area (TPSA) is 46.1 Å². The Hall–Kier alpha value is -3.28. The maximum Gasteiger partial charge on any atom is 0.261 e. The molecule has 6 heteroatoms. The average Bonchev–Trinajstić information content (AvgIpc) is 3.23. The zero-order valence-electron chi connectivity index (χ0n) is 15.8. The van der Waals surface area contributed by atoms with Crippen molar-refractivity contribution in [3.8, 4) is 0 Å². The third-order valence-electron chi connectivity index (χ3n) is 4.90. The van der Waals surface area contributed by atoms with E-state index in [-0.39, 0.29) is 5.91 Å². The highest BCUT2D eigenvalue weighted by molar-refractivity contribution is 7.22. The number of carbonyl (C=O) groups is 1. The van der Waals surface area contributed by atoms with Crippen LogP contribution >= 0.6 is 22.9 Å². The summed E-state index contributed by atoms with van der Waals surface area (Å²) in [5, 5.41) is 3.11. The fraction of sp³-hybridized carbons (Fsp3) is 0.0417. The Morgan fingerprint density at radius 2 is 1.73 bits per heavy atom. The number of pyridine rings is 1. The van der Waals surface area contributed by atoms with E-state index < -0.39 is 0 Å². The Morgan fingerprint density at radius 3 is 2.57 bits per heavy atom. The van der Waals surface area contributed by atoms with E-state index in [2.05, 4.69) is 4.98 Å². The first-order chi connectivity index (χ1) is 14.7. The lowest BCUT2D eigenvalue weighted by atomic mass is 10.0. The number of rotatable bonds is 4. The first kappa shape index (κ1) is 18.7. The molecule has 2 heterocycles. The maximum absolute atomic E-state index is 13.8.